The summed E-state index contributed by atoms with van der Waals surface area (Å²) in [6.45, 7) is 5.90. The van der Waals surface area contributed by atoms with Crippen molar-refractivity contribution in [2.45, 2.75) is 45.6 Å². The Labute approximate surface area is 214 Å². The molecule has 0 aliphatic rings. The monoisotopic (exact) mass is 508 g/mol. The van der Waals surface area contributed by atoms with Crippen molar-refractivity contribution in [1.82, 2.24) is 19.9 Å². The molecule has 0 radical (unpaired) electrons. The molecule has 0 saturated heterocycles. The second kappa shape index (κ2) is 11.0. The van der Waals surface area contributed by atoms with E-state index in [1.807, 2.05) is 23.7 Å². The Hall–Kier alpha value is -3.92. The third-order valence-electron chi connectivity index (χ3n) is 5.62. The number of oxazole rings is 1. The average Bonchev–Trinajstić information content (AvgIpc) is 3.38. The lowest BCUT2D eigenvalue weighted by atomic mass is 10.1. The Morgan fingerprint density at radius 3 is 2.68 bits per heavy atom. The maximum Gasteiger partial charge on any atom is 0.407 e. The molecule has 4 rings (SSSR count). The van der Waals surface area contributed by atoms with Crippen LogP contribution < -0.4 is 10.1 Å². The van der Waals surface area contributed by atoms with Gasteiger partial charge in [-0.05, 0) is 57.5 Å². The zero-order valence-electron chi connectivity index (χ0n) is 21.5. The molecule has 4 aromatic rings. The maximum atomic E-state index is 12.7. The largest absolute Gasteiger partial charge is 0.491 e. The van der Waals surface area contributed by atoms with Gasteiger partial charge >= 0.3 is 6.09 Å². The number of fused-ring (bicyclic) bond motifs is 2. The van der Waals surface area contributed by atoms with Gasteiger partial charge < -0.3 is 28.9 Å². The topological polar surface area (TPSA) is 129 Å². The number of hydrogen-bond acceptors (Lipinski definition) is 8. The minimum Gasteiger partial charge on any atom is -0.491 e. The van der Waals surface area contributed by atoms with Gasteiger partial charge in [0.15, 0.2) is 11.4 Å². The van der Waals surface area contributed by atoms with Crippen molar-refractivity contribution in [3.63, 3.8) is 0 Å². The van der Waals surface area contributed by atoms with Crippen molar-refractivity contribution < 1.29 is 28.6 Å². The Morgan fingerprint density at radius 1 is 1.11 bits per heavy atom. The lowest BCUT2D eigenvalue weighted by Gasteiger charge is -2.19. The highest BCUT2D eigenvalue weighted by molar-refractivity contribution is 5.99. The SMILES string of the molecule is Cn1c(Cc2nc3ccc(OCCO)cc3o2)nc2cc(C(=O)CCCNC(=O)OC(C)(C)C)ccc21. The van der Waals surface area contributed by atoms with Crippen molar-refractivity contribution >= 4 is 34.0 Å². The number of carbonyl (C=O) groups excluding carboxylic acids is 2. The van der Waals surface area contributed by atoms with E-state index in [-0.39, 0.29) is 19.0 Å². The zero-order valence-corrected chi connectivity index (χ0v) is 21.5. The smallest absolute Gasteiger partial charge is 0.407 e. The number of rotatable bonds is 10. The molecule has 0 spiro atoms. The second-order valence-electron chi connectivity index (χ2n) is 9.73. The summed E-state index contributed by atoms with van der Waals surface area (Å²) in [7, 11) is 1.91. The Kier molecular flexibility index (Phi) is 7.77. The van der Waals surface area contributed by atoms with E-state index in [9.17, 15) is 9.59 Å². The van der Waals surface area contributed by atoms with Gasteiger partial charge in [0.05, 0.1) is 24.1 Å². The molecule has 10 heteroatoms. The summed E-state index contributed by atoms with van der Waals surface area (Å²) in [5.41, 5.74) is 2.93. The number of ether oxygens (including phenoxy) is 2. The van der Waals surface area contributed by atoms with Crippen molar-refractivity contribution in [3.8, 4) is 5.75 Å². The van der Waals surface area contributed by atoms with Gasteiger partial charge in [-0.15, -0.1) is 0 Å². The third-order valence-corrected chi connectivity index (χ3v) is 5.62. The van der Waals surface area contributed by atoms with Crippen LogP contribution in [0.5, 0.6) is 5.75 Å². The van der Waals surface area contributed by atoms with Crippen LogP contribution in [0.2, 0.25) is 0 Å². The molecule has 196 valence electrons. The van der Waals surface area contributed by atoms with Gasteiger partial charge in [-0.1, -0.05) is 0 Å². The summed E-state index contributed by atoms with van der Waals surface area (Å²) in [6.07, 6.45) is 0.700. The van der Waals surface area contributed by atoms with Crippen LogP contribution in [0.4, 0.5) is 4.79 Å². The molecule has 0 aliphatic carbocycles. The number of hydrogen-bond donors (Lipinski definition) is 2. The van der Waals surface area contributed by atoms with E-state index < -0.39 is 11.7 Å². The molecule has 0 unspecified atom stereocenters. The van der Waals surface area contributed by atoms with E-state index in [2.05, 4.69) is 10.3 Å². The Morgan fingerprint density at radius 2 is 1.92 bits per heavy atom. The number of imidazole rings is 1. The van der Waals surface area contributed by atoms with Gasteiger partial charge in [-0.25, -0.2) is 14.8 Å². The first kappa shape index (κ1) is 26.2. The Bertz CT molecular complexity index is 1420. The Balaban J connectivity index is 1.40. The number of aromatic nitrogens is 3. The van der Waals surface area contributed by atoms with Crippen LogP contribution in [-0.2, 0) is 18.2 Å². The number of carbonyl (C=O) groups is 2. The number of nitrogens with one attached hydrogen (secondary N) is 1. The molecule has 0 atom stereocenters. The summed E-state index contributed by atoms with van der Waals surface area (Å²) in [6, 6.07) is 10.8. The predicted octanol–water partition coefficient (Wildman–Crippen LogP) is 4.16. The van der Waals surface area contributed by atoms with Gasteiger partial charge in [-0.3, -0.25) is 4.79 Å². The molecule has 10 nitrogen and oxygen atoms in total. The van der Waals surface area contributed by atoms with E-state index in [4.69, 9.17) is 24.0 Å². The van der Waals surface area contributed by atoms with Gasteiger partial charge in [0, 0.05) is 31.6 Å². The third kappa shape index (κ3) is 6.65. The van der Waals surface area contributed by atoms with Gasteiger partial charge in [0.1, 0.15) is 29.3 Å². The first-order valence-corrected chi connectivity index (χ1v) is 12.2. The van der Waals surface area contributed by atoms with Gasteiger partial charge in [-0.2, -0.15) is 0 Å². The van der Waals surface area contributed by atoms with Gasteiger partial charge in [0.25, 0.3) is 0 Å². The summed E-state index contributed by atoms with van der Waals surface area (Å²) >= 11 is 0. The highest BCUT2D eigenvalue weighted by Gasteiger charge is 2.17. The highest BCUT2D eigenvalue weighted by Crippen LogP contribution is 2.24. The van der Waals surface area contributed by atoms with Crippen molar-refractivity contribution in [2.24, 2.45) is 7.05 Å². The van der Waals surface area contributed by atoms with E-state index >= 15 is 0 Å². The molecular weight excluding hydrogens is 476 g/mol. The number of benzene rings is 2. The first-order valence-electron chi connectivity index (χ1n) is 12.2. The highest BCUT2D eigenvalue weighted by atomic mass is 16.6. The van der Waals surface area contributed by atoms with Crippen molar-refractivity contribution in [3.05, 3.63) is 53.7 Å². The maximum absolute atomic E-state index is 12.7. The van der Waals surface area contributed by atoms with E-state index in [0.717, 1.165) is 11.3 Å². The number of aliphatic hydroxyl groups excluding tert-OH is 1. The molecule has 0 saturated carbocycles. The molecule has 2 heterocycles. The number of aryl methyl sites for hydroxylation is 1. The van der Waals surface area contributed by atoms with Crippen molar-refractivity contribution in [1.29, 1.82) is 0 Å². The zero-order chi connectivity index (χ0) is 26.6. The molecule has 1 amide bonds. The fraction of sp³-hybridized carbons (Fsp3) is 0.407. The lowest BCUT2D eigenvalue weighted by Crippen LogP contribution is -2.33. The van der Waals surface area contributed by atoms with Crippen LogP contribution in [0.3, 0.4) is 0 Å². The number of alkyl carbamates (subject to hydrolysis) is 1. The molecule has 2 aromatic heterocycles. The summed E-state index contributed by atoms with van der Waals surface area (Å²) < 4.78 is 18.5. The molecule has 0 aliphatic heterocycles. The number of amides is 1. The van der Waals surface area contributed by atoms with Crippen LogP contribution in [-0.4, -0.2) is 56.9 Å². The fourth-order valence-electron chi connectivity index (χ4n) is 3.90. The van der Waals surface area contributed by atoms with E-state index in [0.29, 0.717) is 59.6 Å². The normalized spacial score (nSPS) is 11.7. The standard InChI is InChI=1S/C27H32N4O6/c1-27(2,3)37-26(34)28-11-5-6-22(33)17-7-10-21-20(14-17)29-24(31(21)4)16-25-30-19-9-8-18(35-13-12-32)15-23(19)36-25/h7-10,14-15,32H,5-6,11-13,16H2,1-4H3,(H,28,34). The number of ketones is 1. The van der Waals surface area contributed by atoms with Crippen LogP contribution in [0.15, 0.2) is 40.8 Å². The summed E-state index contributed by atoms with van der Waals surface area (Å²) in [5.74, 6) is 1.86. The number of aliphatic hydroxyl groups is 1. The summed E-state index contributed by atoms with van der Waals surface area (Å²) in [4.78, 5) is 33.7. The van der Waals surface area contributed by atoms with E-state index in [1.54, 1.807) is 45.0 Å². The molecule has 0 fully saturated rings. The molecule has 2 N–H and O–H groups in total. The van der Waals surface area contributed by atoms with E-state index in [1.165, 1.54) is 0 Å². The van der Waals surface area contributed by atoms with Crippen molar-refractivity contribution in [2.75, 3.05) is 19.8 Å². The summed E-state index contributed by atoms with van der Waals surface area (Å²) in [5, 5.41) is 11.6. The number of Topliss-reactive ketones (excluding diaryl/α,β-unsaturated/α-hetero) is 1. The molecule has 0 bridgehead atoms. The second-order valence-corrected chi connectivity index (χ2v) is 9.73. The quantitative estimate of drug-likeness (QED) is 0.241. The van der Waals surface area contributed by atoms with Gasteiger partial charge in [0.2, 0.25) is 5.89 Å². The average molecular weight is 509 g/mol. The first-order chi connectivity index (χ1) is 17.6. The minimum atomic E-state index is -0.559. The number of nitrogens with zero attached hydrogens (tertiary/aromatic N) is 3. The minimum absolute atomic E-state index is 0.0155. The molecule has 37 heavy (non-hydrogen) atoms. The molecular formula is C27H32N4O6. The van der Waals surface area contributed by atoms with Crippen LogP contribution >= 0.6 is 0 Å². The fourth-order valence-corrected chi connectivity index (χ4v) is 3.90. The van der Waals surface area contributed by atoms with Crippen LogP contribution in [0.25, 0.3) is 22.1 Å². The lowest BCUT2D eigenvalue weighted by molar-refractivity contribution is 0.0525. The molecule has 2 aromatic carbocycles. The van der Waals surface area contributed by atoms with Crippen LogP contribution in [0, 0.1) is 0 Å². The predicted molar refractivity (Wildman–Crippen MR) is 138 cm³/mol. The van der Waals surface area contributed by atoms with Crippen LogP contribution in [0.1, 0.15) is 55.7 Å².